The van der Waals surface area contributed by atoms with Crippen molar-refractivity contribution in [2.24, 2.45) is 0 Å². The molecule has 0 unspecified atom stereocenters. The van der Waals surface area contributed by atoms with Crippen molar-refractivity contribution < 1.29 is 14.3 Å². The van der Waals surface area contributed by atoms with Crippen LogP contribution < -0.4 is 20.5 Å². The fourth-order valence-corrected chi connectivity index (χ4v) is 1.68. The number of nitrogens with two attached hydrogens (primary N) is 1. The summed E-state index contributed by atoms with van der Waals surface area (Å²) >= 11 is 0. The molecule has 0 aliphatic carbocycles. The molecule has 110 valence electrons. The van der Waals surface area contributed by atoms with Crippen LogP contribution in [0.1, 0.15) is 17.3 Å². The fraction of sp³-hybridized carbons (Fsp3) is 0.214. The van der Waals surface area contributed by atoms with Crippen molar-refractivity contribution in [1.82, 2.24) is 9.97 Å². The zero-order valence-corrected chi connectivity index (χ0v) is 11.8. The highest BCUT2D eigenvalue weighted by molar-refractivity contribution is 5.85. The van der Waals surface area contributed by atoms with Crippen LogP contribution in [0.15, 0.2) is 24.3 Å². The van der Waals surface area contributed by atoms with E-state index in [1.54, 1.807) is 26.2 Å². The molecule has 0 bridgehead atoms. The predicted octanol–water partition coefficient (Wildman–Crippen LogP) is 2.02. The third-order valence-corrected chi connectivity index (χ3v) is 2.69. The van der Waals surface area contributed by atoms with Crippen LogP contribution in [0.4, 0.5) is 17.5 Å². The lowest BCUT2D eigenvalue weighted by atomic mass is 10.3. The number of ether oxygens (including phenoxy) is 2. The Morgan fingerprint density at radius 3 is 2.57 bits per heavy atom. The van der Waals surface area contributed by atoms with Crippen LogP contribution in [0, 0.1) is 0 Å². The standard InChI is InChI=1S/C14H16N4O3/c1-3-21-13-11(8-19)12(15)17-14(18-13)16-9-4-6-10(20-2)7-5-9/h4-8H,3H2,1-2H3,(H3,15,16,17,18). The number of hydrogen-bond acceptors (Lipinski definition) is 7. The topological polar surface area (TPSA) is 99.4 Å². The maximum Gasteiger partial charge on any atom is 0.232 e. The smallest absolute Gasteiger partial charge is 0.232 e. The highest BCUT2D eigenvalue weighted by Gasteiger charge is 2.13. The van der Waals surface area contributed by atoms with Gasteiger partial charge < -0.3 is 20.5 Å². The first-order valence-electron chi connectivity index (χ1n) is 6.34. The first kappa shape index (κ1) is 14.6. The summed E-state index contributed by atoms with van der Waals surface area (Å²) in [6.45, 7) is 2.17. The quantitative estimate of drug-likeness (QED) is 0.784. The normalized spacial score (nSPS) is 10.0. The van der Waals surface area contributed by atoms with Crippen molar-refractivity contribution in [3.63, 3.8) is 0 Å². The summed E-state index contributed by atoms with van der Waals surface area (Å²) in [7, 11) is 1.60. The molecule has 1 aromatic carbocycles. The van der Waals surface area contributed by atoms with Gasteiger partial charge in [-0.3, -0.25) is 4.79 Å². The third-order valence-electron chi connectivity index (χ3n) is 2.69. The second-order valence-corrected chi connectivity index (χ2v) is 4.06. The number of aldehydes is 1. The number of anilines is 3. The summed E-state index contributed by atoms with van der Waals surface area (Å²) in [4.78, 5) is 19.2. The molecule has 0 aliphatic heterocycles. The van der Waals surface area contributed by atoms with E-state index in [9.17, 15) is 4.79 Å². The SMILES string of the molecule is CCOc1nc(Nc2ccc(OC)cc2)nc(N)c1C=O. The number of hydrogen-bond donors (Lipinski definition) is 2. The van der Waals surface area contributed by atoms with Crippen LogP contribution in [0.3, 0.4) is 0 Å². The molecule has 0 saturated carbocycles. The number of rotatable bonds is 6. The lowest BCUT2D eigenvalue weighted by Crippen LogP contribution is -2.08. The van der Waals surface area contributed by atoms with Crippen molar-refractivity contribution in [3.05, 3.63) is 29.8 Å². The minimum absolute atomic E-state index is 0.0689. The monoisotopic (exact) mass is 288 g/mol. The molecule has 0 amide bonds. The maximum atomic E-state index is 11.0. The van der Waals surface area contributed by atoms with E-state index in [-0.39, 0.29) is 23.2 Å². The van der Waals surface area contributed by atoms with Crippen molar-refractivity contribution in [1.29, 1.82) is 0 Å². The Hall–Kier alpha value is -2.83. The molecule has 0 radical (unpaired) electrons. The molecule has 7 heteroatoms. The van der Waals surface area contributed by atoms with Crippen molar-refractivity contribution >= 4 is 23.7 Å². The van der Waals surface area contributed by atoms with Gasteiger partial charge >= 0.3 is 0 Å². The lowest BCUT2D eigenvalue weighted by molar-refractivity contribution is 0.111. The zero-order chi connectivity index (χ0) is 15.2. The number of nitrogens with zero attached hydrogens (tertiary/aromatic N) is 2. The van der Waals surface area contributed by atoms with E-state index >= 15 is 0 Å². The van der Waals surface area contributed by atoms with E-state index in [0.29, 0.717) is 12.9 Å². The zero-order valence-electron chi connectivity index (χ0n) is 11.8. The number of benzene rings is 1. The summed E-state index contributed by atoms with van der Waals surface area (Å²) in [6, 6.07) is 7.22. The Kier molecular flexibility index (Phi) is 4.55. The Bertz CT molecular complexity index is 629. The highest BCUT2D eigenvalue weighted by Crippen LogP contribution is 2.23. The molecular weight excluding hydrogens is 272 g/mol. The van der Waals surface area contributed by atoms with Gasteiger partial charge in [0.1, 0.15) is 17.1 Å². The molecule has 21 heavy (non-hydrogen) atoms. The lowest BCUT2D eigenvalue weighted by Gasteiger charge is -2.11. The summed E-state index contributed by atoms with van der Waals surface area (Å²) in [6.07, 6.45) is 0.581. The van der Waals surface area contributed by atoms with Crippen molar-refractivity contribution in [2.45, 2.75) is 6.92 Å². The van der Waals surface area contributed by atoms with Crippen molar-refractivity contribution in [3.8, 4) is 11.6 Å². The van der Waals surface area contributed by atoms with Gasteiger partial charge in [0.2, 0.25) is 11.8 Å². The van der Waals surface area contributed by atoms with Gasteiger partial charge in [0.25, 0.3) is 0 Å². The second kappa shape index (κ2) is 6.56. The van der Waals surface area contributed by atoms with Gasteiger partial charge in [-0.05, 0) is 31.2 Å². The molecule has 7 nitrogen and oxygen atoms in total. The van der Waals surface area contributed by atoms with Crippen LogP contribution in [0.2, 0.25) is 0 Å². The van der Waals surface area contributed by atoms with Gasteiger partial charge in [0, 0.05) is 5.69 Å². The van der Waals surface area contributed by atoms with Crippen LogP contribution in [0.25, 0.3) is 0 Å². The molecule has 2 rings (SSSR count). The molecule has 0 fully saturated rings. The minimum atomic E-state index is 0.0689. The van der Waals surface area contributed by atoms with E-state index < -0.39 is 0 Å². The van der Waals surface area contributed by atoms with Crippen LogP contribution in [0.5, 0.6) is 11.6 Å². The molecule has 1 aromatic heterocycles. The molecule has 2 aromatic rings. The third kappa shape index (κ3) is 3.38. The molecule has 1 heterocycles. The average Bonchev–Trinajstić information content (AvgIpc) is 2.48. The second-order valence-electron chi connectivity index (χ2n) is 4.06. The predicted molar refractivity (Wildman–Crippen MR) is 79.3 cm³/mol. The van der Waals surface area contributed by atoms with Gasteiger partial charge in [-0.2, -0.15) is 9.97 Å². The van der Waals surface area contributed by atoms with Gasteiger partial charge in [-0.1, -0.05) is 0 Å². The van der Waals surface area contributed by atoms with E-state index in [0.717, 1.165) is 11.4 Å². The summed E-state index contributed by atoms with van der Waals surface area (Å²) < 4.78 is 10.4. The number of nitrogen functional groups attached to an aromatic ring is 1. The highest BCUT2D eigenvalue weighted by atomic mass is 16.5. The first-order valence-corrected chi connectivity index (χ1v) is 6.34. The minimum Gasteiger partial charge on any atom is -0.497 e. The van der Waals surface area contributed by atoms with Gasteiger partial charge in [0.05, 0.1) is 13.7 Å². The number of methoxy groups -OCH3 is 1. The Morgan fingerprint density at radius 1 is 1.29 bits per heavy atom. The van der Waals surface area contributed by atoms with E-state index in [1.165, 1.54) is 0 Å². The van der Waals surface area contributed by atoms with Crippen LogP contribution in [-0.4, -0.2) is 30.0 Å². The summed E-state index contributed by atoms with van der Waals surface area (Å²) in [5, 5.41) is 2.99. The molecule has 0 aliphatic rings. The maximum absolute atomic E-state index is 11.0. The van der Waals surface area contributed by atoms with E-state index in [2.05, 4.69) is 15.3 Å². The van der Waals surface area contributed by atoms with Gasteiger partial charge in [-0.25, -0.2) is 0 Å². The molecule has 0 spiro atoms. The van der Waals surface area contributed by atoms with Crippen LogP contribution >= 0.6 is 0 Å². The summed E-state index contributed by atoms with van der Waals surface area (Å²) in [5.41, 5.74) is 6.65. The van der Waals surface area contributed by atoms with Gasteiger partial charge in [0.15, 0.2) is 6.29 Å². The Morgan fingerprint density at radius 2 is 2.00 bits per heavy atom. The first-order chi connectivity index (χ1) is 10.2. The average molecular weight is 288 g/mol. The Labute approximate surface area is 122 Å². The molecular formula is C14H16N4O3. The number of carbonyl (C=O) groups excluding carboxylic acids is 1. The van der Waals surface area contributed by atoms with Gasteiger partial charge in [-0.15, -0.1) is 0 Å². The van der Waals surface area contributed by atoms with E-state index in [4.69, 9.17) is 15.2 Å². The number of carbonyl (C=O) groups is 1. The molecule has 0 saturated heterocycles. The molecule has 3 N–H and O–H groups in total. The molecule has 0 atom stereocenters. The number of aromatic nitrogens is 2. The fourth-order valence-electron chi connectivity index (χ4n) is 1.68. The van der Waals surface area contributed by atoms with Crippen molar-refractivity contribution in [2.75, 3.05) is 24.8 Å². The Balaban J connectivity index is 2.28. The largest absolute Gasteiger partial charge is 0.497 e. The number of nitrogens with one attached hydrogen (secondary N) is 1. The van der Waals surface area contributed by atoms with E-state index in [1.807, 2.05) is 12.1 Å². The summed E-state index contributed by atoms with van der Waals surface area (Å²) in [5.74, 6) is 1.23. The van der Waals surface area contributed by atoms with Crippen LogP contribution in [-0.2, 0) is 0 Å².